The van der Waals surface area contributed by atoms with Gasteiger partial charge in [-0.25, -0.2) is 14.5 Å². The fourth-order valence-electron chi connectivity index (χ4n) is 5.99. The Kier molecular flexibility index (Phi) is 5.83. The zero-order valence-electron chi connectivity index (χ0n) is 21.6. The highest BCUT2D eigenvalue weighted by Gasteiger charge is 2.44. The van der Waals surface area contributed by atoms with Gasteiger partial charge < -0.3 is 19.5 Å². The lowest BCUT2D eigenvalue weighted by atomic mass is 9.87. The molecule has 1 saturated carbocycles. The van der Waals surface area contributed by atoms with Crippen molar-refractivity contribution in [2.24, 2.45) is 0 Å². The smallest absolute Gasteiger partial charge is 0.212 e. The first-order chi connectivity index (χ1) is 19.1. The van der Waals surface area contributed by atoms with E-state index in [2.05, 4.69) is 44.2 Å². The Morgan fingerprint density at radius 3 is 2.56 bits per heavy atom. The summed E-state index contributed by atoms with van der Waals surface area (Å²) in [6.07, 6.45) is 9.29. The van der Waals surface area contributed by atoms with Crippen LogP contribution in [0.25, 0.3) is 16.6 Å². The van der Waals surface area contributed by atoms with Crippen molar-refractivity contribution < 1.29 is 14.6 Å². The molecule has 2 bridgehead atoms. The Labute approximate surface area is 226 Å². The molecule has 0 spiro atoms. The van der Waals surface area contributed by atoms with Gasteiger partial charge in [0.1, 0.15) is 23.7 Å². The second-order valence-electron chi connectivity index (χ2n) is 10.7. The first-order valence-corrected chi connectivity index (χ1v) is 13.3. The highest BCUT2D eigenvalue weighted by molar-refractivity contribution is 5.85. The number of anilines is 1. The van der Waals surface area contributed by atoms with Crippen molar-refractivity contribution in [1.82, 2.24) is 24.5 Å². The third kappa shape index (κ3) is 4.33. The minimum Gasteiger partial charge on any atom is -0.489 e. The van der Waals surface area contributed by atoms with E-state index in [1.807, 2.05) is 24.5 Å². The summed E-state index contributed by atoms with van der Waals surface area (Å²) in [5, 5.41) is 23.7. The average Bonchev–Trinajstić information content (AvgIpc) is 3.38. The molecule has 0 unspecified atom stereocenters. The van der Waals surface area contributed by atoms with E-state index in [4.69, 9.17) is 14.5 Å². The van der Waals surface area contributed by atoms with Crippen LogP contribution < -0.4 is 14.4 Å². The van der Waals surface area contributed by atoms with Crippen molar-refractivity contribution in [1.29, 1.82) is 5.26 Å². The van der Waals surface area contributed by atoms with Crippen molar-refractivity contribution >= 4 is 11.3 Å². The fourth-order valence-corrected chi connectivity index (χ4v) is 5.99. The van der Waals surface area contributed by atoms with E-state index in [9.17, 15) is 10.4 Å². The Hall–Kier alpha value is -4.20. The lowest BCUT2D eigenvalue weighted by molar-refractivity contribution is -0.0109. The molecule has 4 aliphatic rings. The number of hydrogen-bond donors (Lipinski definition) is 1. The van der Waals surface area contributed by atoms with Gasteiger partial charge in [-0.2, -0.15) is 10.4 Å². The van der Waals surface area contributed by atoms with E-state index in [1.165, 1.54) is 12.0 Å². The van der Waals surface area contributed by atoms with Gasteiger partial charge in [0.25, 0.3) is 0 Å². The summed E-state index contributed by atoms with van der Waals surface area (Å²) in [5.41, 5.74) is 4.18. The number of aliphatic hydroxyl groups excluding tert-OH is 1. The molecule has 4 fully saturated rings. The fraction of sp³-hybridized carbons (Fsp3) is 0.379. The van der Waals surface area contributed by atoms with Crippen molar-refractivity contribution in [3.8, 4) is 28.8 Å². The number of methoxy groups -OCH3 is 1. The first-order valence-electron chi connectivity index (χ1n) is 13.3. The zero-order valence-corrected chi connectivity index (χ0v) is 21.6. The summed E-state index contributed by atoms with van der Waals surface area (Å²) in [6, 6.07) is 13.3. The van der Waals surface area contributed by atoms with E-state index in [0.717, 1.165) is 42.1 Å². The zero-order chi connectivity index (χ0) is 26.5. The number of fused-ring (bicyclic) bond motifs is 3. The largest absolute Gasteiger partial charge is 0.489 e. The van der Waals surface area contributed by atoms with Gasteiger partial charge in [-0.15, -0.1) is 0 Å². The lowest BCUT2D eigenvalue weighted by Crippen LogP contribution is -2.68. The Morgan fingerprint density at radius 1 is 1.05 bits per heavy atom. The number of rotatable bonds is 7. The Balaban J connectivity index is 1.08. The van der Waals surface area contributed by atoms with Crippen LogP contribution in [0.1, 0.15) is 30.4 Å². The van der Waals surface area contributed by atoms with E-state index < -0.39 is 0 Å². The van der Waals surface area contributed by atoms with Crippen LogP contribution in [-0.2, 0) is 6.54 Å². The van der Waals surface area contributed by atoms with E-state index in [1.54, 1.807) is 24.0 Å². The third-order valence-electron chi connectivity index (χ3n) is 8.18. The molecule has 7 heterocycles. The Bertz CT molecular complexity index is 1530. The van der Waals surface area contributed by atoms with Gasteiger partial charge in [0, 0.05) is 74.1 Å². The van der Waals surface area contributed by atoms with Crippen LogP contribution in [0.2, 0.25) is 0 Å². The summed E-state index contributed by atoms with van der Waals surface area (Å²) < 4.78 is 13.0. The average molecular weight is 524 g/mol. The van der Waals surface area contributed by atoms with Crippen molar-refractivity contribution in [2.75, 3.05) is 25.1 Å². The molecule has 4 aromatic heterocycles. The van der Waals surface area contributed by atoms with Gasteiger partial charge in [0.15, 0.2) is 0 Å². The highest BCUT2D eigenvalue weighted by Crippen LogP contribution is 2.37. The molecule has 10 nitrogen and oxygen atoms in total. The molecule has 1 aliphatic carbocycles. The molecule has 0 radical (unpaired) electrons. The summed E-state index contributed by atoms with van der Waals surface area (Å²) in [5.74, 6) is 2.26. The topological polar surface area (TPSA) is 112 Å². The van der Waals surface area contributed by atoms with Gasteiger partial charge in [0.2, 0.25) is 5.88 Å². The second kappa shape index (κ2) is 9.52. The van der Waals surface area contributed by atoms with Gasteiger partial charge in [-0.3, -0.25) is 4.90 Å². The van der Waals surface area contributed by atoms with Crippen LogP contribution in [-0.4, -0.2) is 74.1 Å². The number of aliphatic hydroxyl groups is 1. The number of aromatic nitrogens is 4. The molecule has 0 aromatic carbocycles. The quantitative estimate of drug-likeness (QED) is 0.391. The number of hydrogen-bond acceptors (Lipinski definition) is 9. The molecular weight excluding hydrogens is 494 g/mol. The normalized spacial score (nSPS) is 24.1. The summed E-state index contributed by atoms with van der Waals surface area (Å²) in [4.78, 5) is 14.1. The van der Waals surface area contributed by atoms with Crippen LogP contribution in [0.15, 0.2) is 55.1 Å². The first kappa shape index (κ1) is 23.9. The second-order valence-corrected chi connectivity index (χ2v) is 10.7. The monoisotopic (exact) mass is 523 g/mol. The maximum Gasteiger partial charge on any atom is 0.212 e. The highest BCUT2D eigenvalue weighted by atomic mass is 16.5. The molecule has 4 aromatic rings. The summed E-state index contributed by atoms with van der Waals surface area (Å²) in [6.45, 7) is 2.77. The molecule has 8 rings (SSSR count). The van der Waals surface area contributed by atoms with Crippen LogP contribution in [0.4, 0.5) is 5.82 Å². The minimum absolute atomic E-state index is 0.0112. The molecular formula is C29H29N7O3. The van der Waals surface area contributed by atoms with Crippen LogP contribution >= 0.6 is 0 Å². The van der Waals surface area contributed by atoms with E-state index >= 15 is 0 Å². The van der Waals surface area contributed by atoms with Crippen LogP contribution in [0.3, 0.4) is 0 Å². The standard InChI is InChI=1S/C29H29N7O3/c1-38-28-5-2-18(11-32-28)14-35-21-6-22(35)16-34(15-21)27-4-3-19(12-31-27)26-9-25(39-24-7-23(37)8-24)17-36-29(26)20(10-30)13-33-36/h2-5,9,11-13,17,21-24,37H,6-8,14-16H2,1H3/t21-,22-,23?,24?/m1/s1. The summed E-state index contributed by atoms with van der Waals surface area (Å²) >= 11 is 0. The number of piperazine rings is 1. The van der Waals surface area contributed by atoms with Crippen LogP contribution in [0, 0.1) is 11.3 Å². The van der Waals surface area contributed by atoms with Crippen molar-refractivity contribution in [2.45, 2.75) is 50.1 Å². The maximum absolute atomic E-state index is 9.67. The SMILES string of the molecule is COc1ccc(CN2[C@@H]3C[C@@H]2CN(c2ccc(-c4cc(OC5CC(O)C5)cn5ncc(C#N)c45)cn2)C3)cn1. The number of ether oxygens (including phenoxy) is 2. The van der Waals surface area contributed by atoms with Gasteiger partial charge in [-0.05, 0) is 30.2 Å². The molecule has 1 N–H and O–H groups in total. The molecule has 3 aliphatic heterocycles. The number of pyridine rings is 3. The van der Waals surface area contributed by atoms with E-state index in [0.29, 0.717) is 42.1 Å². The summed E-state index contributed by atoms with van der Waals surface area (Å²) in [7, 11) is 1.63. The third-order valence-corrected chi connectivity index (χ3v) is 8.18. The van der Waals surface area contributed by atoms with Crippen LogP contribution in [0.5, 0.6) is 11.6 Å². The minimum atomic E-state index is -0.294. The molecule has 10 heteroatoms. The van der Waals surface area contributed by atoms with Gasteiger partial charge in [-0.1, -0.05) is 6.07 Å². The predicted molar refractivity (Wildman–Crippen MR) is 144 cm³/mol. The van der Waals surface area contributed by atoms with Crippen molar-refractivity contribution in [3.63, 3.8) is 0 Å². The number of nitriles is 1. The molecule has 198 valence electrons. The van der Waals surface area contributed by atoms with Gasteiger partial charge in [0.05, 0.1) is 36.7 Å². The van der Waals surface area contributed by atoms with Crippen molar-refractivity contribution in [3.05, 3.63) is 66.2 Å². The molecule has 3 saturated heterocycles. The molecule has 39 heavy (non-hydrogen) atoms. The lowest BCUT2D eigenvalue weighted by Gasteiger charge is -2.56. The van der Waals surface area contributed by atoms with Gasteiger partial charge >= 0.3 is 0 Å². The molecule has 2 atom stereocenters. The molecule has 0 amide bonds. The Morgan fingerprint density at radius 2 is 1.90 bits per heavy atom. The van der Waals surface area contributed by atoms with E-state index in [-0.39, 0.29) is 12.2 Å². The predicted octanol–water partition coefficient (Wildman–Crippen LogP) is 3.04. The number of nitrogens with zero attached hydrogens (tertiary/aromatic N) is 7. The maximum atomic E-state index is 9.67. The number of piperidine rings is 1.